The molecule has 0 aliphatic carbocycles. The van der Waals surface area contributed by atoms with E-state index in [1.54, 1.807) is 0 Å². The van der Waals surface area contributed by atoms with Crippen molar-refractivity contribution in [2.75, 3.05) is 78.7 Å². The van der Waals surface area contributed by atoms with Crippen LogP contribution in [0, 0.1) is 0 Å². The SMILES string of the molecule is OCCN1CCCNCCCNCCN(CCO)CCC1. The molecule has 1 rings (SSSR count). The molecule has 1 fully saturated rings. The average Bonchev–Trinajstić information content (AvgIpc) is 2.49. The third-order valence-electron chi connectivity index (χ3n) is 3.92. The van der Waals surface area contributed by atoms with Crippen LogP contribution in [0.4, 0.5) is 0 Å². The van der Waals surface area contributed by atoms with Crippen LogP contribution in [-0.4, -0.2) is 98.7 Å². The number of nitrogens with zero attached hydrogens (tertiary/aromatic N) is 2. The summed E-state index contributed by atoms with van der Waals surface area (Å²) in [6, 6.07) is 0. The Labute approximate surface area is 129 Å². The summed E-state index contributed by atoms with van der Waals surface area (Å²) in [6.07, 6.45) is 3.38. The molecule has 126 valence electrons. The monoisotopic (exact) mass is 302 g/mol. The lowest BCUT2D eigenvalue weighted by molar-refractivity contribution is 0.168. The van der Waals surface area contributed by atoms with Gasteiger partial charge in [-0.05, 0) is 58.5 Å². The van der Waals surface area contributed by atoms with E-state index in [1.807, 2.05) is 0 Å². The van der Waals surface area contributed by atoms with Crippen LogP contribution in [0.5, 0.6) is 0 Å². The van der Waals surface area contributed by atoms with E-state index in [0.717, 1.165) is 84.7 Å². The summed E-state index contributed by atoms with van der Waals surface area (Å²) in [5.74, 6) is 0. The fourth-order valence-electron chi connectivity index (χ4n) is 2.72. The zero-order chi connectivity index (χ0) is 15.2. The first kappa shape index (κ1) is 18.8. The molecule has 1 aliphatic heterocycles. The van der Waals surface area contributed by atoms with Crippen molar-refractivity contribution in [3.05, 3.63) is 0 Å². The van der Waals surface area contributed by atoms with Gasteiger partial charge in [0.15, 0.2) is 0 Å². The van der Waals surface area contributed by atoms with Crippen LogP contribution in [0.15, 0.2) is 0 Å². The van der Waals surface area contributed by atoms with Crippen molar-refractivity contribution in [2.45, 2.75) is 19.3 Å². The smallest absolute Gasteiger partial charge is 0.0558 e. The largest absolute Gasteiger partial charge is 0.395 e. The molecule has 0 radical (unpaired) electrons. The zero-order valence-corrected chi connectivity index (χ0v) is 13.4. The maximum atomic E-state index is 9.15. The van der Waals surface area contributed by atoms with Crippen LogP contribution < -0.4 is 10.6 Å². The van der Waals surface area contributed by atoms with Crippen LogP contribution in [0.25, 0.3) is 0 Å². The highest BCUT2D eigenvalue weighted by atomic mass is 16.3. The predicted octanol–water partition coefficient (Wildman–Crippen LogP) is -1.06. The van der Waals surface area contributed by atoms with Gasteiger partial charge in [0.05, 0.1) is 13.2 Å². The molecular weight excluding hydrogens is 268 g/mol. The third-order valence-corrected chi connectivity index (χ3v) is 3.92. The van der Waals surface area contributed by atoms with Crippen molar-refractivity contribution in [1.29, 1.82) is 0 Å². The summed E-state index contributed by atoms with van der Waals surface area (Å²) in [4.78, 5) is 4.67. The van der Waals surface area contributed by atoms with Gasteiger partial charge in [-0.2, -0.15) is 0 Å². The first-order valence-corrected chi connectivity index (χ1v) is 8.44. The number of nitrogens with one attached hydrogen (secondary N) is 2. The summed E-state index contributed by atoms with van der Waals surface area (Å²) >= 11 is 0. The van der Waals surface area contributed by atoms with Crippen molar-refractivity contribution in [3.8, 4) is 0 Å². The fourth-order valence-corrected chi connectivity index (χ4v) is 2.72. The van der Waals surface area contributed by atoms with E-state index in [-0.39, 0.29) is 13.2 Å². The van der Waals surface area contributed by atoms with E-state index >= 15 is 0 Å². The molecule has 0 aromatic heterocycles. The van der Waals surface area contributed by atoms with Crippen LogP contribution in [0.2, 0.25) is 0 Å². The van der Waals surface area contributed by atoms with Gasteiger partial charge in [-0.3, -0.25) is 4.90 Å². The second-order valence-corrected chi connectivity index (χ2v) is 5.69. The Kier molecular flexibility index (Phi) is 12.0. The Morgan fingerprint density at radius 1 is 0.619 bits per heavy atom. The standard InChI is InChI=1S/C15H34N4O2/c20-14-12-18-8-2-6-16-4-1-5-17-7-11-19(13-15-21)10-3-9-18/h16-17,20-21H,1-15H2. The molecule has 0 amide bonds. The topological polar surface area (TPSA) is 71.0 Å². The van der Waals surface area contributed by atoms with Gasteiger partial charge in [-0.1, -0.05) is 0 Å². The van der Waals surface area contributed by atoms with Gasteiger partial charge in [0.25, 0.3) is 0 Å². The molecule has 1 saturated heterocycles. The average molecular weight is 302 g/mol. The maximum absolute atomic E-state index is 9.15. The van der Waals surface area contributed by atoms with Gasteiger partial charge in [0.2, 0.25) is 0 Å². The molecule has 0 saturated carbocycles. The second-order valence-electron chi connectivity index (χ2n) is 5.69. The molecule has 1 heterocycles. The van der Waals surface area contributed by atoms with Gasteiger partial charge < -0.3 is 25.7 Å². The number of hydrogen-bond donors (Lipinski definition) is 4. The van der Waals surface area contributed by atoms with Crippen LogP contribution in [0.3, 0.4) is 0 Å². The normalized spacial score (nSPS) is 22.6. The molecule has 0 spiro atoms. The molecule has 0 atom stereocenters. The van der Waals surface area contributed by atoms with E-state index in [9.17, 15) is 0 Å². The summed E-state index contributed by atoms with van der Waals surface area (Å²) in [5.41, 5.74) is 0. The highest BCUT2D eigenvalue weighted by Crippen LogP contribution is 1.97. The van der Waals surface area contributed by atoms with E-state index in [2.05, 4.69) is 20.4 Å². The highest BCUT2D eigenvalue weighted by molar-refractivity contribution is 4.65. The van der Waals surface area contributed by atoms with E-state index in [1.165, 1.54) is 0 Å². The van der Waals surface area contributed by atoms with Gasteiger partial charge in [0.1, 0.15) is 0 Å². The van der Waals surface area contributed by atoms with Crippen molar-refractivity contribution < 1.29 is 10.2 Å². The number of β-amino-alcohol motifs (C(OH)–C–C–N with tert-alkyl or cyclic N) is 2. The summed E-state index contributed by atoms with van der Waals surface area (Å²) in [7, 11) is 0. The first-order valence-electron chi connectivity index (χ1n) is 8.44. The number of hydrogen-bond acceptors (Lipinski definition) is 6. The molecule has 21 heavy (non-hydrogen) atoms. The first-order chi connectivity index (χ1) is 10.4. The lowest BCUT2D eigenvalue weighted by Gasteiger charge is -2.25. The van der Waals surface area contributed by atoms with Crippen LogP contribution in [0.1, 0.15) is 19.3 Å². The van der Waals surface area contributed by atoms with Crippen molar-refractivity contribution in [3.63, 3.8) is 0 Å². The molecule has 1 aliphatic rings. The third kappa shape index (κ3) is 10.2. The quantitative estimate of drug-likeness (QED) is 0.531. The van der Waals surface area contributed by atoms with E-state index < -0.39 is 0 Å². The lowest BCUT2D eigenvalue weighted by Crippen LogP contribution is -2.37. The number of aliphatic hydroxyl groups is 2. The van der Waals surface area contributed by atoms with Crippen molar-refractivity contribution in [1.82, 2.24) is 20.4 Å². The molecule has 0 bridgehead atoms. The molecule has 0 unspecified atom stereocenters. The summed E-state index contributed by atoms with van der Waals surface area (Å²) in [6.45, 7) is 10.2. The lowest BCUT2D eigenvalue weighted by atomic mass is 10.3. The minimum absolute atomic E-state index is 0.226. The van der Waals surface area contributed by atoms with Crippen molar-refractivity contribution in [2.24, 2.45) is 0 Å². The molecule has 4 N–H and O–H groups in total. The van der Waals surface area contributed by atoms with Gasteiger partial charge in [-0.15, -0.1) is 0 Å². The molecular formula is C15H34N4O2. The Balaban J connectivity index is 2.38. The molecule has 6 heteroatoms. The maximum Gasteiger partial charge on any atom is 0.0558 e. The van der Waals surface area contributed by atoms with Crippen LogP contribution in [-0.2, 0) is 0 Å². The minimum Gasteiger partial charge on any atom is -0.395 e. The van der Waals surface area contributed by atoms with Crippen LogP contribution >= 0.6 is 0 Å². The Hall–Kier alpha value is -0.240. The summed E-state index contributed by atoms with van der Waals surface area (Å²) < 4.78 is 0. The number of rotatable bonds is 4. The molecule has 6 nitrogen and oxygen atoms in total. The Morgan fingerprint density at radius 2 is 1.14 bits per heavy atom. The van der Waals surface area contributed by atoms with Gasteiger partial charge in [-0.25, -0.2) is 0 Å². The minimum atomic E-state index is 0.226. The fraction of sp³-hybridized carbons (Fsp3) is 1.00. The molecule has 0 aromatic rings. The Morgan fingerprint density at radius 3 is 1.81 bits per heavy atom. The zero-order valence-electron chi connectivity index (χ0n) is 13.4. The highest BCUT2D eigenvalue weighted by Gasteiger charge is 2.08. The second kappa shape index (κ2) is 13.4. The van der Waals surface area contributed by atoms with E-state index in [0.29, 0.717) is 0 Å². The van der Waals surface area contributed by atoms with Gasteiger partial charge >= 0.3 is 0 Å². The summed E-state index contributed by atoms with van der Waals surface area (Å²) in [5, 5.41) is 25.2. The number of aliphatic hydroxyl groups excluding tert-OH is 2. The van der Waals surface area contributed by atoms with Crippen molar-refractivity contribution >= 4 is 0 Å². The predicted molar refractivity (Wildman–Crippen MR) is 86.6 cm³/mol. The van der Waals surface area contributed by atoms with Gasteiger partial charge in [0, 0.05) is 26.2 Å². The van der Waals surface area contributed by atoms with E-state index in [4.69, 9.17) is 10.2 Å². The molecule has 0 aromatic carbocycles. The Bertz CT molecular complexity index is 210.